The van der Waals surface area contributed by atoms with Crippen LogP contribution in [0.1, 0.15) is 0 Å². The molecule has 2 N–H and O–H groups in total. The molecule has 1 aromatic carbocycles. The van der Waals surface area contributed by atoms with Crippen LogP contribution in [-0.4, -0.2) is 28.0 Å². The summed E-state index contributed by atoms with van der Waals surface area (Å²) in [4.78, 5) is 22.1. The van der Waals surface area contributed by atoms with Crippen LogP contribution in [0.25, 0.3) is 11.3 Å². The second-order valence-corrected chi connectivity index (χ2v) is 3.72. The van der Waals surface area contributed by atoms with E-state index < -0.39 is 5.97 Å². The molecule has 0 radical (unpaired) electrons. The van der Waals surface area contributed by atoms with Gasteiger partial charge in [0, 0.05) is 11.6 Å². The van der Waals surface area contributed by atoms with Crippen molar-refractivity contribution in [3.63, 3.8) is 0 Å². The maximum Gasteiger partial charge on any atom is 0.325 e. The molecule has 0 aliphatic rings. The molecule has 0 aliphatic heterocycles. The van der Waals surface area contributed by atoms with Gasteiger partial charge < -0.3 is 9.84 Å². The molecule has 0 spiro atoms. The van der Waals surface area contributed by atoms with Gasteiger partial charge in [-0.3, -0.25) is 14.7 Å². The van der Waals surface area contributed by atoms with Crippen molar-refractivity contribution in [2.45, 2.75) is 6.54 Å². The zero-order valence-corrected chi connectivity index (χ0v) is 9.71. The summed E-state index contributed by atoms with van der Waals surface area (Å²) in [6, 6.07) is 8.50. The van der Waals surface area contributed by atoms with Crippen molar-refractivity contribution < 1.29 is 14.6 Å². The SMILES string of the molecule is COc1cccc(-c2cc(=O)n(CC(=O)O)[nH]2)c1. The Morgan fingerprint density at radius 1 is 1.44 bits per heavy atom. The molecule has 0 saturated heterocycles. The molecule has 1 aromatic heterocycles. The van der Waals surface area contributed by atoms with Crippen LogP contribution >= 0.6 is 0 Å². The molecule has 0 aliphatic carbocycles. The number of aromatic nitrogens is 2. The monoisotopic (exact) mass is 248 g/mol. The highest BCUT2D eigenvalue weighted by Crippen LogP contribution is 2.20. The lowest BCUT2D eigenvalue weighted by atomic mass is 10.1. The van der Waals surface area contributed by atoms with Gasteiger partial charge in [0.05, 0.1) is 12.8 Å². The number of carboxylic acid groups (broad SMARTS) is 1. The summed E-state index contributed by atoms with van der Waals surface area (Å²) in [6.07, 6.45) is 0. The summed E-state index contributed by atoms with van der Waals surface area (Å²) < 4.78 is 6.12. The number of hydrogen-bond acceptors (Lipinski definition) is 3. The van der Waals surface area contributed by atoms with Gasteiger partial charge in [-0.2, -0.15) is 0 Å². The number of carboxylic acids is 1. The Morgan fingerprint density at radius 2 is 2.22 bits per heavy atom. The Balaban J connectivity index is 2.39. The van der Waals surface area contributed by atoms with E-state index in [1.54, 1.807) is 31.4 Å². The van der Waals surface area contributed by atoms with E-state index >= 15 is 0 Å². The molecule has 0 atom stereocenters. The predicted octanol–water partition coefficient (Wildman–Crippen LogP) is 0.937. The van der Waals surface area contributed by atoms with Crippen LogP contribution in [0.4, 0.5) is 0 Å². The highest BCUT2D eigenvalue weighted by molar-refractivity contribution is 5.67. The number of benzene rings is 1. The predicted molar refractivity (Wildman–Crippen MR) is 64.7 cm³/mol. The average molecular weight is 248 g/mol. The highest BCUT2D eigenvalue weighted by atomic mass is 16.5. The summed E-state index contributed by atoms with van der Waals surface area (Å²) in [6.45, 7) is -0.386. The fourth-order valence-corrected chi connectivity index (χ4v) is 1.63. The minimum atomic E-state index is -1.07. The van der Waals surface area contributed by atoms with E-state index in [1.165, 1.54) is 6.07 Å². The number of nitrogens with one attached hydrogen (secondary N) is 1. The van der Waals surface area contributed by atoms with Crippen LogP contribution in [0, 0.1) is 0 Å². The van der Waals surface area contributed by atoms with E-state index in [1.807, 2.05) is 0 Å². The van der Waals surface area contributed by atoms with Gasteiger partial charge in [-0.05, 0) is 12.1 Å². The van der Waals surface area contributed by atoms with Crippen molar-refractivity contribution >= 4 is 5.97 Å². The van der Waals surface area contributed by atoms with Crippen LogP contribution in [0.3, 0.4) is 0 Å². The molecule has 1 heterocycles. The van der Waals surface area contributed by atoms with E-state index in [9.17, 15) is 9.59 Å². The van der Waals surface area contributed by atoms with Gasteiger partial charge in [0.15, 0.2) is 0 Å². The van der Waals surface area contributed by atoms with Gasteiger partial charge >= 0.3 is 5.97 Å². The van der Waals surface area contributed by atoms with Crippen molar-refractivity contribution in [3.05, 3.63) is 40.7 Å². The zero-order valence-electron chi connectivity index (χ0n) is 9.71. The molecule has 6 heteroatoms. The molecule has 6 nitrogen and oxygen atoms in total. The lowest BCUT2D eigenvalue weighted by Gasteiger charge is -2.02. The lowest BCUT2D eigenvalue weighted by Crippen LogP contribution is -2.20. The first-order chi connectivity index (χ1) is 8.60. The van der Waals surface area contributed by atoms with Crippen LogP contribution in [0.15, 0.2) is 35.1 Å². The van der Waals surface area contributed by atoms with Crippen LogP contribution in [0.5, 0.6) is 5.75 Å². The Bertz CT molecular complexity index is 627. The van der Waals surface area contributed by atoms with Crippen molar-refractivity contribution in [1.29, 1.82) is 0 Å². The maximum absolute atomic E-state index is 11.5. The second-order valence-electron chi connectivity index (χ2n) is 3.72. The molecular formula is C12H12N2O4. The highest BCUT2D eigenvalue weighted by Gasteiger charge is 2.08. The van der Waals surface area contributed by atoms with Gasteiger partial charge in [0.2, 0.25) is 0 Å². The van der Waals surface area contributed by atoms with Gasteiger partial charge in [-0.15, -0.1) is 0 Å². The van der Waals surface area contributed by atoms with Crippen molar-refractivity contribution in [3.8, 4) is 17.0 Å². The maximum atomic E-state index is 11.5. The summed E-state index contributed by atoms with van der Waals surface area (Å²) >= 11 is 0. The van der Waals surface area contributed by atoms with Gasteiger partial charge in [0.25, 0.3) is 5.56 Å². The molecule has 0 fully saturated rings. The molecule has 0 bridgehead atoms. The molecule has 0 amide bonds. The van der Waals surface area contributed by atoms with E-state index in [0.29, 0.717) is 11.4 Å². The van der Waals surface area contributed by atoms with Crippen molar-refractivity contribution in [2.24, 2.45) is 0 Å². The number of methoxy groups -OCH3 is 1. The molecule has 0 unspecified atom stereocenters. The largest absolute Gasteiger partial charge is 0.497 e. The quantitative estimate of drug-likeness (QED) is 0.843. The normalized spacial score (nSPS) is 10.3. The minimum Gasteiger partial charge on any atom is -0.497 e. The fraction of sp³-hybridized carbons (Fsp3) is 0.167. The van der Waals surface area contributed by atoms with Gasteiger partial charge in [-0.1, -0.05) is 12.1 Å². The van der Waals surface area contributed by atoms with Crippen molar-refractivity contribution in [2.75, 3.05) is 7.11 Å². The van der Waals surface area contributed by atoms with Crippen molar-refractivity contribution in [1.82, 2.24) is 9.78 Å². The second kappa shape index (κ2) is 4.79. The number of H-pyrrole nitrogens is 1. The number of aromatic amines is 1. The Labute approximate surface area is 102 Å². The molecule has 2 rings (SSSR count). The Kier molecular flexibility index (Phi) is 3.18. The Hall–Kier alpha value is -2.50. The van der Waals surface area contributed by atoms with Gasteiger partial charge in [-0.25, -0.2) is 4.68 Å². The minimum absolute atomic E-state index is 0.379. The number of carbonyl (C=O) groups is 1. The van der Waals surface area contributed by atoms with Crippen LogP contribution in [-0.2, 0) is 11.3 Å². The number of hydrogen-bond donors (Lipinski definition) is 2. The molecule has 0 saturated carbocycles. The van der Waals surface area contributed by atoms with Gasteiger partial charge in [0.1, 0.15) is 12.3 Å². The van der Waals surface area contributed by atoms with E-state index in [4.69, 9.17) is 9.84 Å². The summed E-state index contributed by atoms with van der Waals surface area (Å²) in [5.41, 5.74) is 0.936. The summed E-state index contributed by atoms with van der Waals surface area (Å²) in [5.74, 6) is -0.407. The summed E-state index contributed by atoms with van der Waals surface area (Å²) in [5, 5.41) is 11.4. The Morgan fingerprint density at radius 3 is 2.89 bits per heavy atom. The topological polar surface area (TPSA) is 84.3 Å². The smallest absolute Gasteiger partial charge is 0.325 e. The fourth-order valence-electron chi connectivity index (χ4n) is 1.63. The molecule has 18 heavy (non-hydrogen) atoms. The standard InChI is InChI=1S/C12H12N2O4/c1-18-9-4-2-3-8(5-9)10-6-11(15)14(13-10)7-12(16)17/h2-6,13H,7H2,1H3,(H,16,17). The van der Waals surface area contributed by atoms with E-state index in [-0.39, 0.29) is 12.1 Å². The van der Waals surface area contributed by atoms with Crippen LogP contribution in [0.2, 0.25) is 0 Å². The molecular weight excluding hydrogens is 236 g/mol. The van der Waals surface area contributed by atoms with E-state index in [0.717, 1.165) is 10.2 Å². The number of nitrogens with zero attached hydrogens (tertiary/aromatic N) is 1. The third kappa shape index (κ3) is 2.42. The third-order valence-electron chi connectivity index (χ3n) is 2.46. The number of rotatable bonds is 4. The molecule has 2 aromatic rings. The number of ether oxygens (including phenoxy) is 1. The summed E-state index contributed by atoms with van der Waals surface area (Å²) in [7, 11) is 1.55. The van der Waals surface area contributed by atoms with E-state index in [2.05, 4.69) is 5.10 Å². The average Bonchev–Trinajstić information content (AvgIpc) is 2.70. The first-order valence-corrected chi connectivity index (χ1v) is 5.26. The lowest BCUT2D eigenvalue weighted by molar-refractivity contribution is -0.137. The first-order valence-electron chi connectivity index (χ1n) is 5.26. The third-order valence-corrected chi connectivity index (χ3v) is 2.46. The molecule has 94 valence electrons. The van der Waals surface area contributed by atoms with Crippen LogP contribution < -0.4 is 10.3 Å². The first kappa shape index (κ1) is 12.0. The number of aliphatic carboxylic acids is 1. The zero-order chi connectivity index (χ0) is 13.1.